The van der Waals surface area contributed by atoms with Gasteiger partial charge in [-0.15, -0.1) is 0 Å². The first-order valence-corrected chi connectivity index (χ1v) is 21.0. The zero-order chi connectivity index (χ0) is 49.2. The van der Waals surface area contributed by atoms with Gasteiger partial charge in [0, 0.05) is 44.9 Å². The molecule has 0 aliphatic rings. The fourth-order valence-corrected chi connectivity index (χ4v) is 6.02. The molecule has 1 rings (SSSR count). The number of aliphatic hydroxyl groups excluding tert-OH is 4. The number of carbonyl (C=O) groups is 9. The highest BCUT2D eigenvalue weighted by molar-refractivity contribution is 5.94. The van der Waals surface area contributed by atoms with Crippen LogP contribution in [0.1, 0.15) is 58.4 Å². The number of nitrogens with two attached hydrogens (primary N) is 4. The zero-order valence-electron chi connectivity index (χ0n) is 36.9. The minimum Gasteiger partial charge on any atom is -0.449 e. The summed E-state index contributed by atoms with van der Waals surface area (Å²) in [4.78, 5) is 115. The van der Waals surface area contributed by atoms with E-state index in [4.69, 9.17) is 27.7 Å². The summed E-state index contributed by atoms with van der Waals surface area (Å²) in [7, 11) is 0. The van der Waals surface area contributed by atoms with Crippen molar-refractivity contribution in [2.75, 3.05) is 46.1 Å². The van der Waals surface area contributed by atoms with Gasteiger partial charge in [-0.3, -0.25) is 48.6 Å². The summed E-state index contributed by atoms with van der Waals surface area (Å²) >= 11 is 0. The molecule has 0 aromatic heterocycles. The number of amides is 9. The number of nitrogens with one attached hydrogen (secondary N) is 6. The Morgan fingerprint density at radius 3 is 1.80 bits per heavy atom. The Hall–Kier alpha value is -5.99. The SMILES string of the molecule is CC(C)COC(=O)N(CC(CC(N)=O)N[C@@H](CO)C(N)=O)C(C(=O)N[C@@H](CO)C(=O)NC(CCC(=O)NCCCCNC(=O)C(Cc1ccccc1)NC(=O)C(N)CO)C(N)=O)C(C)O. The van der Waals surface area contributed by atoms with Crippen LogP contribution in [0.4, 0.5) is 4.79 Å². The van der Waals surface area contributed by atoms with Gasteiger partial charge in [0.1, 0.15) is 36.3 Å². The summed E-state index contributed by atoms with van der Waals surface area (Å²) in [5, 5.41) is 54.6. The lowest BCUT2D eigenvalue weighted by Gasteiger charge is -2.36. The van der Waals surface area contributed by atoms with Gasteiger partial charge in [-0.05, 0) is 37.7 Å². The average Bonchev–Trinajstić information content (AvgIpc) is 3.24. The predicted molar refractivity (Wildman–Crippen MR) is 231 cm³/mol. The molecule has 1 aromatic rings. The molecule has 6 unspecified atom stereocenters. The lowest BCUT2D eigenvalue weighted by Crippen LogP contribution is -2.62. The molecule has 25 nitrogen and oxygen atoms in total. The van der Waals surface area contributed by atoms with Gasteiger partial charge in [0.05, 0.1) is 32.5 Å². The number of primary amides is 3. The molecule has 0 heterocycles. The summed E-state index contributed by atoms with van der Waals surface area (Å²) in [5.74, 6) is -7.25. The van der Waals surface area contributed by atoms with Gasteiger partial charge in [-0.1, -0.05) is 44.2 Å². The van der Waals surface area contributed by atoms with Crippen LogP contribution in [-0.2, 0) is 49.5 Å². The molecule has 0 aliphatic carbocycles. The number of benzene rings is 1. The molecule has 0 fully saturated rings. The number of hydrogen-bond donors (Lipinski definition) is 14. The smallest absolute Gasteiger partial charge is 0.410 e. The van der Waals surface area contributed by atoms with Gasteiger partial charge >= 0.3 is 6.09 Å². The van der Waals surface area contributed by atoms with Crippen molar-refractivity contribution in [3.8, 4) is 0 Å². The third-order valence-corrected chi connectivity index (χ3v) is 9.47. The molecule has 18 N–H and O–H groups in total. The molecule has 0 saturated carbocycles. The molecule has 1 aromatic carbocycles. The normalized spacial score (nSPS) is 14.8. The highest BCUT2D eigenvalue weighted by Crippen LogP contribution is 2.13. The topological polar surface area (TPSA) is 423 Å². The van der Waals surface area contributed by atoms with Crippen LogP contribution >= 0.6 is 0 Å². The van der Waals surface area contributed by atoms with Crippen molar-refractivity contribution in [3.05, 3.63) is 35.9 Å². The first-order chi connectivity index (χ1) is 30.6. The molecule has 0 aliphatic heterocycles. The van der Waals surface area contributed by atoms with Gasteiger partial charge in [-0.25, -0.2) is 4.79 Å². The van der Waals surface area contributed by atoms with Crippen molar-refractivity contribution >= 4 is 53.4 Å². The Morgan fingerprint density at radius 1 is 0.708 bits per heavy atom. The Bertz CT molecular complexity index is 1720. The monoisotopic (exact) mass is 925 g/mol. The van der Waals surface area contributed by atoms with E-state index in [1.807, 2.05) is 0 Å². The van der Waals surface area contributed by atoms with Gasteiger partial charge in [0.2, 0.25) is 47.3 Å². The maximum atomic E-state index is 13.7. The second-order valence-corrected chi connectivity index (χ2v) is 15.6. The second kappa shape index (κ2) is 30.2. The van der Waals surface area contributed by atoms with Gasteiger partial charge in [0.25, 0.3) is 0 Å². The number of unbranched alkanes of at least 4 members (excludes halogenated alkanes) is 1. The van der Waals surface area contributed by atoms with E-state index in [1.165, 1.54) is 0 Å². The van der Waals surface area contributed by atoms with Crippen molar-refractivity contribution in [2.45, 2.75) is 108 Å². The largest absolute Gasteiger partial charge is 0.449 e. The van der Waals surface area contributed by atoms with Crippen molar-refractivity contribution in [3.63, 3.8) is 0 Å². The highest BCUT2D eigenvalue weighted by Gasteiger charge is 2.39. The maximum Gasteiger partial charge on any atom is 0.410 e. The second-order valence-electron chi connectivity index (χ2n) is 15.6. The minimum atomic E-state index is -1.87. The number of aliphatic hydroxyl groups is 4. The van der Waals surface area contributed by atoms with E-state index < -0.39 is 135 Å². The van der Waals surface area contributed by atoms with Crippen molar-refractivity contribution < 1.29 is 68.3 Å². The molecule has 9 amide bonds. The molecule has 0 saturated heterocycles. The standard InChI is InChI=1S/C40H67N11O14/c1-22(2)21-65-40(64)51(17-25(16-31(42)56)47-29(19-53)35(44)59)33(23(3)55)39(63)50-30(20-54)38(62)48-27(34(43)58)11-12-32(57)45-13-7-8-14-46-37(61)28(49-36(60)26(41)18-52)15-24-9-5-4-6-10-24/h4-6,9-10,22-23,25-30,33,47,52-55H,7-8,11-21,41H2,1-3H3,(H2,42,56)(H2,43,58)(H2,44,59)(H,45,57)(H,46,61)(H,48,62)(H,49,60)(H,50,63)/t23?,25?,26?,27?,28?,29-,30-,33?/m0/s1. The van der Waals surface area contributed by atoms with Crippen LogP contribution in [0.3, 0.4) is 0 Å². The van der Waals surface area contributed by atoms with E-state index in [1.54, 1.807) is 44.2 Å². The highest BCUT2D eigenvalue weighted by atomic mass is 16.6. The van der Waals surface area contributed by atoms with E-state index in [0.717, 1.165) is 12.5 Å². The molecule has 65 heavy (non-hydrogen) atoms. The molecule has 0 bridgehead atoms. The maximum absolute atomic E-state index is 13.7. The van der Waals surface area contributed by atoms with Crippen molar-refractivity contribution in [1.82, 2.24) is 36.8 Å². The number of carbonyl (C=O) groups excluding carboxylic acids is 9. The fraction of sp³-hybridized carbons (Fsp3) is 0.625. The van der Waals surface area contributed by atoms with Crippen molar-refractivity contribution in [1.29, 1.82) is 0 Å². The van der Waals surface area contributed by atoms with Gasteiger partial charge in [-0.2, -0.15) is 0 Å². The molecule has 8 atom stereocenters. The Balaban J connectivity index is 2.91. The molecule has 25 heteroatoms. The number of hydrogen-bond acceptors (Lipinski definition) is 16. The van der Waals surface area contributed by atoms with Crippen LogP contribution in [0.5, 0.6) is 0 Å². The lowest BCUT2D eigenvalue weighted by molar-refractivity contribution is -0.136. The predicted octanol–water partition coefficient (Wildman–Crippen LogP) is -6.20. The third-order valence-electron chi connectivity index (χ3n) is 9.47. The first-order valence-electron chi connectivity index (χ1n) is 21.0. The Morgan fingerprint density at radius 2 is 1.28 bits per heavy atom. The van der Waals surface area contributed by atoms with Crippen LogP contribution in [-0.4, -0.2) is 173 Å². The van der Waals surface area contributed by atoms with E-state index in [0.29, 0.717) is 17.7 Å². The van der Waals surface area contributed by atoms with Crippen molar-refractivity contribution in [2.24, 2.45) is 28.9 Å². The van der Waals surface area contributed by atoms with Crippen LogP contribution in [0, 0.1) is 5.92 Å². The van der Waals surface area contributed by atoms with Crippen LogP contribution in [0.25, 0.3) is 0 Å². The number of rotatable bonds is 32. The quantitative estimate of drug-likeness (QED) is 0.0299. The van der Waals surface area contributed by atoms with Gasteiger partial charge in [0.15, 0.2) is 0 Å². The van der Waals surface area contributed by atoms with Crippen LogP contribution in [0.2, 0.25) is 0 Å². The summed E-state index contributed by atoms with van der Waals surface area (Å²) in [6.07, 6.45) is -3.04. The average molecular weight is 926 g/mol. The molecule has 0 spiro atoms. The van der Waals surface area contributed by atoms with E-state index in [-0.39, 0.29) is 44.9 Å². The summed E-state index contributed by atoms with van der Waals surface area (Å²) in [5.41, 5.74) is 22.5. The zero-order valence-corrected chi connectivity index (χ0v) is 36.9. The van der Waals surface area contributed by atoms with E-state index in [9.17, 15) is 63.6 Å². The molecular weight excluding hydrogens is 859 g/mol. The molecular formula is C40H67N11O14. The van der Waals surface area contributed by atoms with Gasteiger partial charge < -0.3 is 74.7 Å². The number of nitrogens with zero attached hydrogens (tertiary/aromatic N) is 1. The third kappa shape index (κ3) is 22.0. The summed E-state index contributed by atoms with van der Waals surface area (Å²) in [6.45, 7) is 1.62. The van der Waals surface area contributed by atoms with Crippen LogP contribution < -0.4 is 54.8 Å². The Labute approximate surface area is 376 Å². The summed E-state index contributed by atoms with van der Waals surface area (Å²) in [6, 6.07) is -1.04. The Kier molecular flexibility index (Phi) is 26.5. The fourth-order valence-electron chi connectivity index (χ4n) is 6.02. The lowest BCUT2D eigenvalue weighted by atomic mass is 10.0. The van der Waals surface area contributed by atoms with E-state index >= 15 is 0 Å². The minimum absolute atomic E-state index is 0.157. The van der Waals surface area contributed by atoms with E-state index in [2.05, 4.69) is 31.9 Å². The molecule has 366 valence electrons. The van der Waals surface area contributed by atoms with Crippen LogP contribution in [0.15, 0.2) is 30.3 Å². The first kappa shape index (κ1) is 57.0. The molecule has 0 radical (unpaired) electrons. The summed E-state index contributed by atoms with van der Waals surface area (Å²) < 4.78 is 5.29. The number of ether oxygens (including phenoxy) is 1.